The van der Waals surface area contributed by atoms with E-state index in [1.165, 1.54) is 12.1 Å². The van der Waals surface area contributed by atoms with Crippen molar-refractivity contribution in [3.05, 3.63) is 95.3 Å². The van der Waals surface area contributed by atoms with Gasteiger partial charge >= 0.3 is 0 Å². The highest BCUT2D eigenvalue weighted by molar-refractivity contribution is 5.96. The fraction of sp³-hybridized carbons (Fsp3) is 0.355. The second kappa shape index (κ2) is 13.0. The summed E-state index contributed by atoms with van der Waals surface area (Å²) in [5.74, 6) is 0.116. The molecule has 1 aliphatic rings. The average Bonchev–Trinajstić information content (AvgIpc) is 2.93. The van der Waals surface area contributed by atoms with Gasteiger partial charge in [0.1, 0.15) is 11.6 Å². The van der Waals surface area contributed by atoms with Crippen LogP contribution in [0, 0.1) is 5.82 Å². The van der Waals surface area contributed by atoms with Crippen molar-refractivity contribution in [3.63, 3.8) is 0 Å². The summed E-state index contributed by atoms with van der Waals surface area (Å²) >= 11 is 0. The van der Waals surface area contributed by atoms with Gasteiger partial charge in [-0.3, -0.25) is 9.59 Å². The minimum atomic E-state index is -0.425. The molecule has 2 amide bonds. The molecule has 0 saturated heterocycles. The van der Waals surface area contributed by atoms with Crippen LogP contribution in [0.4, 0.5) is 10.1 Å². The van der Waals surface area contributed by atoms with Gasteiger partial charge in [-0.1, -0.05) is 62.1 Å². The highest BCUT2D eigenvalue weighted by Crippen LogP contribution is 2.26. The van der Waals surface area contributed by atoms with Gasteiger partial charge in [-0.05, 0) is 60.4 Å². The number of para-hydroxylation sites is 1. The molecule has 0 N–H and O–H groups in total. The first kappa shape index (κ1) is 26.4. The number of carbonyl (C=O) groups excluding carboxylic acids is 2. The number of carbonyl (C=O) groups is 2. The van der Waals surface area contributed by atoms with Gasteiger partial charge in [0.2, 0.25) is 5.91 Å². The Morgan fingerprint density at radius 3 is 2.35 bits per heavy atom. The van der Waals surface area contributed by atoms with Gasteiger partial charge in [-0.25, -0.2) is 4.39 Å². The molecule has 0 saturated carbocycles. The number of hydrogen-bond donors (Lipinski definition) is 0. The van der Waals surface area contributed by atoms with Crippen molar-refractivity contribution in [2.24, 2.45) is 0 Å². The van der Waals surface area contributed by atoms with Crippen molar-refractivity contribution in [2.75, 3.05) is 25.1 Å². The van der Waals surface area contributed by atoms with Crippen LogP contribution in [0.5, 0.6) is 5.75 Å². The lowest BCUT2D eigenvalue weighted by molar-refractivity contribution is -0.118. The highest BCUT2D eigenvalue weighted by Gasteiger charge is 2.23. The van der Waals surface area contributed by atoms with E-state index in [4.69, 9.17) is 4.74 Å². The van der Waals surface area contributed by atoms with Crippen molar-refractivity contribution in [2.45, 2.75) is 51.5 Å². The Balaban J connectivity index is 1.64. The van der Waals surface area contributed by atoms with Crippen LogP contribution in [-0.4, -0.2) is 36.9 Å². The first-order valence-corrected chi connectivity index (χ1v) is 13.1. The molecule has 0 spiro atoms. The molecule has 0 radical (unpaired) electrons. The average molecular weight is 503 g/mol. The van der Waals surface area contributed by atoms with Gasteiger partial charge in [0.25, 0.3) is 5.91 Å². The number of rotatable bonds is 4. The van der Waals surface area contributed by atoms with Crippen molar-refractivity contribution in [3.8, 4) is 5.75 Å². The summed E-state index contributed by atoms with van der Waals surface area (Å²) in [4.78, 5) is 30.7. The Morgan fingerprint density at radius 1 is 0.838 bits per heavy atom. The SMILES string of the molecule is COc1cccc(CC(=O)N2CCCCCCCCN(C(=O)c3cccc(F)c3)Cc3ccccc32)c1. The number of halogens is 1. The van der Waals surface area contributed by atoms with Gasteiger partial charge in [-0.15, -0.1) is 0 Å². The van der Waals surface area contributed by atoms with Crippen molar-refractivity contribution < 1.29 is 18.7 Å². The van der Waals surface area contributed by atoms with Crippen molar-refractivity contribution in [1.29, 1.82) is 0 Å². The van der Waals surface area contributed by atoms with Gasteiger partial charge in [0.15, 0.2) is 0 Å². The van der Waals surface area contributed by atoms with E-state index in [2.05, 4.69) is 0 Å². The maximum Gasteiger partial charge on any atom is 0.254 e. The van der Waals surface area contributed by atoms with E-state index in [0.717, 1.165) is 61.1 Å². The fourth-order valence-corrected chi connectivity index (χ4v) is 4.88. The van der Waals surface area contributed by atoms with Crippen LogP contribution in [0.3, 0.4) is 0 Å². The zero-order chi connectivity index (χ0) is 26.0. The number of benzene rings is 3. The largest absolute Gasteiger partial charge is 0.497 e. The van der Waals surface area contributed by atoms with Crippen LogP contribution in [-0.2, 0) is 17.8 Å². The molecule has 6 heteroatoms. The number of anilines is 1. The standard InChI is InChI=1S/C31H35FN2O3/c1-37-28-16-10-12-24(20-28)21-30(35)34-19-9-5-3-2-4-8-18-33(23-26-13-6-7-17-29(26)34)31(36)25-14-11-15-27(32)22-25/h6-7,10-17,20,22H,2-5,8-9,18-19,21,23H2,1H3. The number of amides is 2. The summed E-state index contributed by atoms with van der Waals surface area (Å²) in [5.41, 5.74) is 2.97. The topological polar surface area (TPSA) is 49.9 Å². The van der Waals surface area contributed by atoms with Gasteiger partial charge < -0.3 is 14.5 Å². The highest BCUT2D eigenvalue weighted by atomic mass is 19.1. The van der Waals surface area contributed by atoms with E-state index in [9.17, 15) is 14.0 Å². The van der Waals surface area contributed by atoms with Crippen LogP contribution in [0.15, 0.2) is 72.8 Å². The predicted octanol–water partition coefficient (Wildman–Crippen LogP) is 6.41. The van der Waals surface area contributed by atoms with E-state index >= 15 is 0 Å². The Bertz CT molecular complexity index is 1210. The van der Waals surface area contributed by atoms with Crippen LogP contribution in [0.1, 0.15) is 60.0 Å². The van der Waals surface area contributed by atoms with Crippen molar-refractivity contribution >= 4 is 17.5 Å². The molecule has 1 aliphatic heterocycles. The molecule has 0 bridgehead atoms. The lowest BCUT2D eigenvalue weighted by atomic mass is 10.1. The molecule has 0 unspecified atom stereocenters. The number of methoxy groups -OCH3 is 1. The van der Waals surface area contributed by atoms with E-state index < -0.39 is 5.82 Å². The molecular formula is C31H35FN2O3. The minimum Gasteiger partial charge on any atom is -0.497 e. The number of ether oxygens (including phenoxy) is 1. The second-order valence-corrected chi connectivity index (χ2v) is 9.56. The molecule has 0 aliphatic carbocycles. The molecule has 1 heterocycles. The summed E-state index contributed by atoms with van der Waals surface area (Å²) in [5, 5.41) is 0. The summed E-state index contributed by atoms with van der Waals surface area (Å²) in [6.07, 6.45) is 6.34. The molecule has 37 heavy (non-hydrogen) atoms. The van der Waals surface area contributed by atoms with E-state index in [0.29, 0.717) is 25.2 Å². The molecule has 0 atom stereocenters. The van der Waals surface area contributed by atoms with Crippen LogP contribution in [0.25, 0.3) is 0 Å². The van der Waals surface area contributed by atoms with E-state index in [-0.39, 0.29) is 18.2 Å². The first-order chi connectivity index (χ1) is 18.0. The normalized spacial score (nSPS) is 15.1. The maximum atomic E-state index is 13.9. The summed E-state index contributed by atoms with van der Waals surface area (Å²) in [7, 11) is 1.62. The van der Waals surface area contributed by atoms with Crippen LogP contribution >= 0.6 is 0 Å². The second-order valence-electron chi connectivity index (χ2n) is 9.56. The third-order valence-corrected chi connectivity index (χ3v) is 6.85. The summed E-state index contributed by atoms with van der Waals surface area (Å²) in [6.45, 7) is 1.56. The molecule has 3 aromatic rings. The monoisotopic (exact) mass is 502 g/mol. The predicted molar refractivity (Wildman–Crippen MR) is 144 cm³/mol. The maximum absolute atomic E-state index is 13.9. The number of hydrogen-bond acceptors (Lipinski definition) is 3. The third-order valence-electron chi connectivity index (χ3n) is 6.85. The molecule has 4 rings (SSSR count). The number of nitrogens with zero attached hydrogens (tertiary/aromatic N) is 2. The van der Waals surface area contributed by atoms with Crippen LogP contribution < -0.4 is 9.64 Å². The zero-order valence-electron chi connectivity index (χ0n) is 21.5. The zero-order valence-corrected chi connectivity index (χ0v) is 21.5. The Kier molecular flexibility index (Phi) is 9.30. The van der Waals surface area contributed by atoms with Gasteiger partial charge in [0.05, 0.1) is 13.5 Å². The molecule has 3 aromatic carbocycles. The Morgan fingerprint density at radius 2 is 1.57 bits per heavy atom. The molecular weight excluding hydrogens is 467 g/mol. The quantitative estimate of drug-likeness (QED) is 0.414. The fourth-order valence-electron chi connectivity index (χ4n) is 4.88. The lowest BCUT2D eigenvalue weighted by Crippen LogP contribution is -2.36. The summed E-state index contributed by atoms with van der Waals surface area (Å²) < 4.78 is 19.2. The number of fused-ring (bicyclic) bond motifs is 1. The third kappa shape index (κ3) is 7.19. The molecule has 0 fully saturated rings. The lowest BCUT2D eigenvalue weighted by Gasteiger charge is -2.29. The minimum absolute atomic E-state index is 0.0126. The van der Waals surface area contributed by atoms with E-state index in [1.54, 1.807) is 24.1 Å². The van der Waals surface area contributed by atoms with Crippen LogP contribution in [0.2, 0.25) is 0 Å². The smallest absolute Gasteiger partial charge is 0.254 e. The Hall–Kier alpha value is -3.67. The van der Waals surface area contributed by atoms with Gasteiger partial charge in [-0.2, -0.15) is 0 Å². The summed E-state index contributed by atoms with van der Waals surface area (Å²) in [6, 6.07) is 21.3. The Labute approximate surface area is 218 Å². The van der Waals surface area contributed by atoms with Gasteiger partial charge in [0, 0.05) is 30.9 Å². The first-order valence-electron chi connectivity index (χ1n) is 13.1. The molecule has 194 valence electrons. The van der Waals surface area contributed by atoms with E-state index in [1.807, 2.05) is 53.4 Å². The molecule has 0 aromatic heterocycles. The van der Waals surface area contributed by atoms with Crippen molar-refractivity contribution in [1.82, 2.24) is 4.90 Å². The molecule has 5 nitrogen and oxygen atoms in total.